The molecule has 1 atom stereocenters. The first kappa shape index (κ1) is 20.3. The van der Waals surface area contributed by atoms with Crippen LogP contribution >= 0.6 is 0 Å². The zero-order valence-electron chi connectivity index (χ0n) is 18.0. The Morgan fingerprint density at radius 2 is 1.88 bits per heavy atom. The summed E-state index contributed by atoms with van der Waals surface area (Å²) in [5.74, 6) is 1.95. The van der Waals surface area contributed by atoms with Crippen LogP contribution in [0.15, 0.2) is 48.9 Å². The molecule has 9 heteroatoms. The predicted octanol–water partition coefficient (Wildman–Crippen LogP) is 3.70. The molecule has 1 fully saturated rings. The van der Waals surface area contributed by atoms with Gasteiger partial charge in [0.15, 0.2) is 5.65 Å². The van der Waals surface area contributed by atoms with Crippen molar-refractivity contribution in [1.82, 2.24) is 24.6 Å². The van der Waals surface area contributed by atoms with Crippen LogP contribution in [0.1, 0.15) is 29.7 Å². The first-order valence-electron chi connectivity index (χ1n) is 10.6. The first-order chi connectivity index (χ1) is 15.6. The number of halogens is 1. The normalized spacial score (nSPS) is 15.2. The lowest BCUT2D eigenvalue weighted by Crippen LogP contribution is -2.37. The van der Waals surface area contributed by atoms with Crippen LogP contribution in [-0.2, 0) is 4.74 Å². The first-order valence-corrected chi connectivity index (χ1v) is 10.6. The molecule has 4 heterocycles. The number of rotatable bonds is 5. The van der Waals surface area contributed by atoms with Crippen molar-refractivity contribution in [3.8, 4) is 0 Å². The molecule has 1 aliphatic heterocycles. The molecule has 8 nitrogen and oxygen atoms in total. The van der Waals surface area contributed by atoms with Crippen LogP contribution in [0.3, 0.4) is 0 Å². The van der Waals surface area contributed by atoms with Crippen LogP contribution in [0.25, 0.3) is 5.65 Å². The highest BCUT2D eigenvalue weighted by molar-refractivity contribution is 5.66. The summed E-state index contributed by atoms with van der Waals surface area (Å²) in [6.45, 7) is 6.95. The van der Waals surface area contributed by atoms with E-state index in [2.05, 4.69) is 27.1 Å². The number of aryl methyl sites for hydroxylation is 1. The Hall–Kier alpha value is -3.59. The summed E-state index contributed by atoms with van der Waals surface area (Å²) in [6, 6.07) is 8.58. The number of anilines is 3. The van der Waals surface area contributed by atoms with Gasteiger partial charge in [-0.25, -0.2) is 14.4 Å². The van der Waals surface area contributed by atoms with E-state index in [1.165, 1.54) is 12.1 Å². The van der Waals surface area contributed by atoms with Crippen molar-refractivity contribution in [2.24, 2.45) is 0 Å². The van der Waals surface area contributed by atoms with Crippen molar-refractivity contribution in [3.05, 3.63) is 71.6 Å². The van der Waals surface area contributed by atoms with Gasteiger partial charge in [0.2, 0.25) is 0 Å². The molecule has 4 aromatic rings. The smallest absolute Gasteiger partial charge is 0.163 e. The van der Waals surface area contributed by atoms with Crippen LogP contribution in [0.2, 0.25) is 0 Å². The molecule has 1 aromatic carbocycles. The van der Waals surface area contributed by atoms with Crippen molar-refractivity contribution in [1.29, 1.82) is 0 Å². The van der Waals surface area contributed by atoms with E-state index in [-0.39, 0.29) is 11.7 Å². The van der Waals surface area contributed by atoms with Gasteiger partial charge < -0.3 is 15.0 Å². The van der Waals surface area contributed by atoms with Crippen molar-refractivity contribution in [2.45, 2.75) is 19.8 Å². The topological polar surface area (TPSA) is 80.5 Å². The number of nitrogens with zero attached hydrogens (tertiary/aromatic N) is 6. The zero-order valence-corrected chi connectivity index (χ0v) is 18.0. The summed E-state index contributed by atoms with van der Waals surface area (Å²) < 4.78 is 20.9. The maximum Gasteiger partial charge on any atom is 0.163 e. The van der Waals surface area contributed by atoms with Gasteiger partial charge in [0, 0.05) is 43.0 Å². The third-order valence-corrected chi connectivity index (χ3v) is 5.75. The summed E-state index contributed by atoms with van der Waals surface area (Å²) >= 11 is 0. The Kier molecular flexibility index (Phi) is 5.40. The van der Waals surface area contributed by atoms with E-state index >= 15 is 0 Å². The molecule has 32 heavy (non-hydrogen) atoms. The van der Waals surface area contributed by atoms with Gasteiger partial charge in [-0.2, -0.15) is 9.61 Å². The summed E-state index contributed by atoms with van der Waals surface area (Å²) in [5, 5.41) is 8.11. The molecule has 0 aliphatic carbocycles. The van der Waals surface area contributed by atoms with Gasteiger partial charge in [0.1, 0.15) is 23.3 Å². The van der Waals surface area contributed by atoms with E-state index in [0.717, 1.165) is 41.4 Å². The highest BCUT2D eigenvalue weighted by Crippen LogP contribution is 2.33. The number of fused-ring (bicyclic) bond motifs is 1. The Bertz CT molecular complexity index is 1220. The minimum absolute atomic E-state index is 0.00935. The van der Waals surface area contributed by atoms with Crippen molar-refractivity contribution < 1.29 is 9.13 Å². The van der Waals surface area contributed by atoms with Crippen molar-refractivity contribution >= 4 is 23.1 Å². The van der Waals surface area contributed by atoms with E-state index in [1.807, 2.05) is 29.6 Å². The van der Waals surface area contributed by atoms with Gasteiger partial charge in [0.05, 0.1) is 25.1 Å². The highest BCUT2D eigenvalue weighted by atomic mass is 19.1. The van der Waals surface area contributed by atoms with Crippen LogP contribution in [0.4, 0.5) is 21.8 Å². The second-order valence-corrected chi connectivity index (χ2v) is 7.82. The molecule has 0 radical (unpaired) electrons. The van der Waals surface area contributed by atoms with Crippen LogP contribution in [0, 0.1) is 12.7 Å². The lowest BCUT2D eigenvalue weighted by Gasteiger charge is -2.29. The Balaban J connectivity index is 1.65. The average molecular weight is 433 g/mol. The molecule has 1 N–H and O–H groups in total. The average Bonchev–Trinajstić information content (AvgIpc) is 3.15. The van der Waals surface area contributed by atoms with Gasteiger partial charge in [-0.15, -0.1) is 0 Å². The number of ether oxygens (including phenoxy) is 1. The standard InChI is InChI=1S/C23H24FN7O/c1-15(17-3-5-18(24)6-4-17)22-16(2)29-31-21(30-9-11-32-12-10-30)13-19(28-23(22)31)27-20-14-25-7-8-26-20/h3-8,13-15H,9-12H2,1-2H3,(H,26,27,28). The third kappa shape index (κ3) is 3.87. The second-order valence-electron chi connectivity index (χ2n) is 7.82. The lowest BCUT2D eigenvalue weighted by molar-refractivity contribution is 0.122. The monoisotopic (exact) mass is 433 g/mol. The fourth-order valence-corrected chi connectivity index (χ4v) is 4.13. The molecule has 1 aliphatic rings. The molecule has 0 amide bonds. The summed E-state index contributed by atoms with van der Waals surface area (Å²) in [6.07, 6.45) is 4.92. The number of morpholine rings is 1. The second kappa shape index (κ2) is 8.51. The van der Waals surface area contributed by atoms with Crippen molar-refractivity contribution in [2.75, 3.05) is 36.5 Å². The van der Waals surface area contributed by atoms with Gasteiger partial charge in [-0.1, -0.05) is 19.1 Å². The highest BCUT2D eigenvalue weighted by Gasteiger charge is 2.24. The molecule has 3 aromatic heterocycles. The minimum Gasteiger partial charge on any atom is -0.378 e. The number of hydrogen-bond donors (Lipinski definition) is 1. The molecular weight excluding hydrogens is 409 g/mol. The van der Waals surface area contributed by atoms with Gasteiger partial charge in [-0.05, 0) is 24.6 Å². The van der Waals surface area contributed by atoms with E-state index in [1.54, 1.807) is 18.6 Å². The quantitative estimate of drug-likeness (QED) is 0.514. The summed E-state index contributed by atoms with van der Waals surface area (Å²) in [5.41, 5.74) is 3.66. The Labute approximate surface area is 185 Å². The molecule has 164 valence electrons. The number of nitrogens with one attached hydrogen (secondary N) is 1. The largest absolute Gasteiger partial charge is 0.378 e. The van der Waals surface area contributed by atoms with Crippen molar-refractivity contribution in [3.63, 3.8) is 0 Å². The van der Waals surface area contributed by atoms with Crippen LogP contribution in [0.5, 0.6) is 0 Å². The third-order valence-electron chi connectivity index (χ3n) is 5.75. The van der Waals surface area contributed by atoms with E-state index in [0.29, 0.717) is 24.8 Å². The zero-order chi connectivity index (χ0) is 22.1. The lowest BCUT2D eigenvalue weighted by atomic mass is 9.93. The Morgan fingerprint density at radius 3 is 2.59 bits per heavy atom. The SMILES string of the molecule is Cc1nn2c(N3CCOCC3)cc(Nc3cnccn3)nc2c1C(C)c1ccc(F)cc1. The van der Waals surface area contributed by atoms with Crippen LogP contribution < -0.4 is 10.2 Å². The summed E-state index contributed by atoms with van der Waals surface area (Å²) in [7, 11) is 0. The fraction of sp³-hybridized carbons (Fsp3) is 0.304. The molecule has 1 saturated heterocycles. The molecule has 0 bridgehead atoms. The Morgan fingerprint density at radius 1 is 1.09 bits per heavy atom. The van der Waals surface area contributed by atoms with E-state index < -0.39 is 0 Å². The molecule has 0 saturated carbocycles. The number of hydrogen-bond acceptors (Lipinski definition) is 7. The van der Waals surface area contributed by atoms with E-state index in [4.69, 9.17) is 14.8 Å². The van der Waals surface area contributed by atoms with E-state index in [9.17, 15) is 4.39 Å². The maximum atomic E-state index is 13.5. The molecular formula is C23H24FN7O. The number of benzene rings is 1. The van der Waals surface area contributed by atoms with Gasteiger partial charge in [-0.3, -0.25) is 4.98 Å². The van der Waals surface area contributed by atoms with Crippen LogP contribution in [-0.4, -0.2) is 50.9 Å². The molecule has 5 rings (SSSR count). The molecule has 0 spiro atoms. The summed E-state index contributed by atoms with van der Waals surface area (Å²) in [4.78, 5) is 15.6. The number of aromatic nitrogens is 5. The predicted molar refractivity (Wildman–Crippen MR) is 120 cm³/mol. The molecule has 1 unspecified atom stereocenters. The fourth-order valence-electron chi connectivity index (χ4n) is 4.13. The van der Waals surface area contributed by atoms with Gasteiger partial charge in [0.25, 0.3) is 0 Å². The maximum absolute atomic E-state index is 13.5. The minimum atomic E-state index is -0.249. The van der Waals surface area contributed by atoms with Gasteiger partial charge >= 0.3 is 0 Å².